The van der Waals surface area contributed by atoms with Gasteiger partial charge in [-0.1, -0.05) is 18.5 Å². The van der Waals surface area contributed by atoms with Gasteiger partial charge in [-0.3, -0.25) is 4.79 Å². The zero-order valence-electron chi connectivity index (χ0n) is 19.8. The van der Waals surface area contributed by atoms with Crippen LogP contribution in [0.15, 0.2) is 16.5 Å². The predicted molar refractivity (Wildman–Crippen MR) is 112 cm³/mol. The number of aliphatic hydroxyl groups excluding tert-OH is 1. The minimum atomic E-state index is -0.0367. The van der Waals surface area contributed by atoms with Crippen LogP contribution in [0.2, 0.25) is 0 Å². The molecule has 28 heavy (non-hydrogen) atoms. The van der Waals surface area contributed by atoms with Crippen LogP contribution in [0.25, 0.3) is 0 Å². The van der Waals surface area contributed by atoms with Crippen LogP contribution < -0.4 is 29.6 Å². The van der Waals surface area contributed by atoms with E-state index >= 15 is 0 Å². The fourth-order valence-electron chi connectivity index (χ4n) is 4.16. The third-order valence-electron chi connectivity index (χ3n) is 5.98. The van der Waals surface area contributed by atoms with Crippen LogP contribution in [-0.2, 0) is 9.63 Å². The summed E-state index contributed by atoms with van der Waals surface area (Å²) in [5.41, 5.74) is 8.50. The van der Waals surface area contributed by atoms with Crippen molar-refractivity contribution in [2.45, 2.75) is 80.1 Å². The minimum Gasteiger partial charge on any atom is -1.00 e. The van der Waals surface area contributed by atoms with Gasteiger partial charge < -0.3 is 11.4 Å². The normalized spacial score (nSPS) is 17.6. The van der Waals surface area contributed by atoms with E-state index in [4.69, 9.17) is 4.84 Å². The molecule has 1 aliphatic rings. The van der Waals surface area contributed by atoms with E-state index in [1.165, 1.54) is 33.4 Å². The first-order valence-electron chi connectivity index (χ1n) is 9.95. The van der Waals surface area contributed by atoms with Crippen LogP contribution >= 0.6 is 0 Å². The molecule has 0 heterocycles. The van der Waals surface area contributed by atoms with Gasteiger partial charge in [-0.25, -0.2) is 0 Å². The summed E-state index contributed by atoms with van der Waals surface area (Å²) in [5, 5.41) is 14.9. The van der Waals surface area contributed by atoms with Crippen molar-refractivity contribution >= 4 is 11.5 Å². The van der Waals surface area contributed by atoms with Gasteiger partial charge >= 0.3 is 29.6 Å². The number of ketones is 1. The molecule has 1 aliphatic carbocycles. The number of carbonyl (C=O) groups excluding carboxylic acids is 1. The van der Waals surface area contributed by atoms with E-state index in [-0.39, 0.29) is 48.4 Å². The Kier molecular flexibility index (Phi) is 9.45. The van der Waals surface area contributed by atoms with Crippen molar-refractivity contribution in [2.75, 3.05) is 6.61 Å². The van der Waals surface area contributed by atoms with Crippen LogP contribution in [0.1, 0.15) is 80.3 Å². The Bertz CT molecular complexity index is 786. The Morgan fingerprint density at radius 2 is 1.57 bits per heavy atom. The summed E-state index contributed by atoms with van der Waals surface area (Å²) in [6.45, 7) is 15.0. The third kappa shape index (κ3) is 4.90. The van der Waals surface area contributed by atoms with Crippen molar-refractivity contribution in [1.82, 2.24) is 0 Å². The van der Waals surface area contributed by atoms with Gasteiger partial charge in [0.1, 0.15) is 12.4 Å². The molecule has 150 valence electrons. The summed E-state index contributed by atoms with van der Waals surface area (Å²) in [6.07, 6.45) is 2.34. The summed E-state index contributed by atoms with van der Waals surface area (Å²) in [5.74, 6) is 0.123. The monoisotopic (exact) mass is 395 g/mol. The summed E-state index contributed by atoms with van der Waals surface area (Å²) in [7, 11) is 0. The van der Waals surface area contributed by atoms with E-state index in [0.717, 1.165) is 6.42 Å². The molecule has 0 amide bonds. The van der Waals surface area contributed by atoms with Crippen molar-refractivity contribution < 1.29 is 45.7 Å². The number of Topliss-reactive ketones (excluding diaryl/α,β-unsaturated/α-hetero) is 1. The van der Waals surface area contributed by atoms with Crippen LogP contribution in [-0.4, -0.2) is 23.2 Å². The molecule has 0 aromatic heterocycles. The molecule has 0 aliphatic heterocycles. The first-order chi connectivity index (χ1) is 12.7. The van der Waals surface area contributed by atoms with Gasteiger partial charge in [-0.2, -0.15) is 0 Å². The molecular weight excluding hydrogens is 361 g/mol. The number of hydrogen-bond acceptors (Lipinski definition) is 4. The summed E-state index contributed by atoms with van der Waals surface area (Å²) < 4.78 is 0. The van der Waals surface area contributed by atoms with Crippen molar-refractivity contribution in [2.24, 2.45) is 5.16 Å². The summed E-state index contributed by atoms with van der Waals surface area (Å²) >= 11 is 0. The number of carbonyl (C=O) groups is 1. The van der Waals surface area contributed by atoms with Gasteiger partial charge in [0.25, 0.3) is 0 Å². The van der Waals surface area contributed by atoms with Gasteiger partial charge in [0.05, 0.1) is 11.3 Å². The first kappa shape index (κ1) is 24.9. The zero-order valence-corrected chi connectivity index (χ0v) is 20.8. The fraction of sp³-hybridized carbons (Fsp3) is 0.565. The molecule has 1 aromatic rings. The maximum absolute atomic E-state index is 13.0. The van der Waals surface area contributed by atoms with Crippen molar-refractivity contribution in [3.63, 3.8) is 0 Å². The quantitative estimate of drug-likeness (QED) is 0.458. The Hall–Kier alpha value is -1.10. The van der Waals surface area contributed by atoms with Crippen molar-refractivity contribution in [3.05, 3.63) is 44.7 Å². The van der Waals surface area contributed by atoms with E-state index < -0.39 is 0 Å². The summed E-state index contributed by atoms with van der Waals surface area (Å²) in [6, 6.07) is 0. The number of rotatable bonds is 6. The van der Waals surface area contributed by atoms with Gasteiger partial charge in [-0.15, -0.1) is 0 Å². The minimum absolute atomic E-state index is 0. The second-order valence-electron chi connectivity index (χ2n) is 7.59. The number of aliphatic hydroxyl groups is 1. The van der Waals surface area contributed by atoms with Gasteiger partial charge in [0.15, 0.2) is 5.78 Å². The van der Waals surface area contributed by atoms with Crippen LogP contribution in [0.4, 0.5) is 0 Å². The number of benzene rings is 1. The zero-order chi connectivity index (χ0) is 20.3. The average Bonchev–Trinajstić information content (AvgIpc) is 2.62. The van der Waals surface area contributed by atoms with E-state index in [1.54, 1.807) is 0 Å². The molecule has 0 bridgehead atoms. The Morgan fingerprint density at radius 3 is 2.04 bits per heavy atom. The van der Waals surface area contributed by atoms with Crippen LogP contribution in [0.5, 0.6) is 0 Å². The molecule has 0 radical (unpaired) electrons. The first-order valence-corrected chi connectivity index (χ1v) is 9.95. The van der Waals surface area contributed by atoms with Crippen molar-refractivity contribution in [1.29, 1.82) is 0 Å². The second-order valence-corrected chi connectivity index (χ2v) is 7.59. The standard InChI is InChI=1S/C23H33NO3.Na.H/c1-8-10-19(24-27-9-2)23-20(25)11-18(12-21(23)26)22-16(6)14(4)13(3)15(5)17(22)7;;/h18,25H,8-12H2,1-7H3;;/q;+1;-1/b24-19+;;. The molecule has 1 unspecified atom stereocenters. The Morgan fingerprint density at radius 1 is 1.04 bits per heavy atom. The summed E-state index contributed by atoms with van der Waals surface area (Å²) in [4.78, 5) is 18.2. The third-order valence-corrected chi connectivity index (χ3v) is 5.98. The van der Waals surface area contributed by atoms with Gasteiger partial charge in [-0.05, 0) is 87.3 Å². The van der Waals surface area contributed by atoms with Crippen LogP contribution in [0, 0.1) is 34.6 Å². The molecule has 0 saturated heterocycles. The van der Waals surface area contributed by atoms with E-state index in [0.29, 0.717) is 37.2 Å². The molecule has 1 N–H and O–H groups in total. The Labute approximate surface area is 193 Å². The van der Waals surface area contributed by atoms with Crippen molar-refractivity contribution in [3.8, 4) is 0 Å². The average molecular weight is 396 g/mol. The molecule has 1 aromatic carbocycles. The molecule has 0 spiro atoms. The topological polar surface area (TPSA) is 58.9 Å². The molecule has 5 heteroatoms. The van der Waals surface area contributed by atoms with Gasteiger partial charge in [0, 0.05) is 12.8 Å². The van der Waals surface area contributed by atoms with E-state index in [9.17, 15) is 9.90 Å². The number of nitrogens with zero attached hydrogens (tertiary/aromatic N) is 1. The molecular formula is C23H34NNaO3. The largest absolute Gasteiger partial charge is 1.00 e. The maximum Gasteiger partial charge on any atom is 1.00 e. The predicted octanol–water partition coefficient (Wildman–Crippen LogP) is 2.80. The molecule has 4 nitrogen and oxygen atoms in total. The molecule has 2 rings (SSSR count). The molecule has 0 saturated carbocycles. The fourth-order valence-corrected chi connectivity index (χ4v) is 4.16. The van der Waals surface area contributed by atoms with Gasteiger partial charge in [0.2, 0.25) is 0 Å². The number of oxime groups is 1. The van der Waals surface area contributed by atoms with Crippen LogP contribution in [0.3, 0.4) is 0 Å². The van der Waals surface area contributed by atoms with E-state index in [2.05, 4.69) is 39.8 Å². The smallest absolute Gasteiger partial charge is 1.00 e. The Balaban J connectivity index is 0.00000392. The molecule has 1 atom stereocenters. The SMILES string of the molecule is CCC/C(=N\OCC)C1=C(O)CC(c2c(C)c(C)c(C)c(C)c2C)CC1=O.[H-].[Na+]. The maximum atomic E-state index is 13.0. The number of hydrogen-bond donors (Lipinski definition) is 1. The molecule has 0 fully saturated rings. The second kappa shape index (κ2) is 10.6. The van der Waals surface area contributed by atoms with E-state index in [1.807, 2.05) is 13.8 Å². The number of allylic oxidation sites excluding steroid dienone is 2.